The van der Waals surface area contributed by atoms with Crippen LogP contribution in [-0.4, -0.2) is 24.0 Å². The van der Waals surface area contributed by atoms with Crippen molar-refractivity contribution in [2.45, 2.75) is 39.3 Å². The molecule has 1 rings (SSSR count). The summed E-state index contributed by atoms with van der Waals surface area (Å²) >= 11 is 0. The Hall–Kier alpha value is -1.10. The number of carbonyl (C=O) groups excluding carboxylic acids is 2. The molecule has 0 saturated carbocycles. The van der Waals surface area contributed by atoms with Crippen molar-refractivity contribution in [1.29, 1.82) is 0 Å². The molecule has 0 atom stereocenters. The molecule has 1 aliphatic rings. The van der Waals surface area contributed by atoms with Crippen LogP contribution in [0.5, 0.6) is 0 Å². The van der Waals surface area contributed by atoms with Gasteiger partial charge >= 0.3 is 18.4 Å². The fourth-order valence-corrected chi connectivity index (χ4v) is 0.777. The monoisotopic (exact) mass is 188 g/mol. The van der Waals surface area contributed by atoms with E-state index in [1.807, 2.05) is 0 Å². The third-order valence-electron chi connectivity index (χ3n) is 1.19. The molecule has 0 amide bonds. The van der Waals surface area contributed by atoms with Gasteiger partial charge in [-0.05, 0) is 20.8 Å². The van der Waals surface area contributed by atoms with Crippen LogP contribution in [0.1, 0.15) is 27.2 Å². The lowest BCUT2D eigenvalue weighted by Gasteiger charge is -2.28. The first-order valence-electron chi connectivity index (χ1n) is 3.93. The second-order valence-corrected chi connectivity index (χ2v) is 3.68. The largest absolute Gasteiger partial charge is 0.400 e. The summed E-state index contributed by atoms with van der Waals surface area (Å²) in [6.07, 6.45) is -0.343. The minimum absolute atomic E-state index is 0.343. The fraction of sp³-hybridized carbons (Fsp3) is 0.750. The number of hydrogen-bond donors (Lipinski definition) is 0. The molecule has 0 N–H and O–H groups in total. The van der Waals surface area contributed by atoms with E-state index in [9.17, 15) is 9.59 Å². The summed E-state index contributed by atoms with van der Waals surface area (Å²) < 4.78 is 14.4. The summed E-state index contributed by atoms with van der Waals surface area (Å²) in [5.74, 6) is -1.24. The van der Waals surface area contributed by atoms with E-state index in [1.165, 1.54) is 0 Å². The van der Waals surface area contributed by atoms with Gasteiger partial charge in [0, 0.05) is 0 Å². The molecule has 1 heterocycles. The Balaban J connectivity index is 2.51. The van der Waals surface area contributed by atoms with Crippen LogP contribution in [0.15, 0.2) is 0 Å². The normalized spacial score (nSPS) is 19.6. The Bertz CT molecular complexity index is 211. The van der Waals surface area contributed by atoms with E-state index in [2.05, 4.69) is 9.47 Å². The van der Waals surface area contributed by atoms with Crippen molar-refractivity contribution >= 4 is 11.9 Å². The average molecular weight is 188 g/mol. The molecule has 0 radical (unpaired) electrons. The Morgan fingerprint density at radius 3 is 2.08 bits per heavy atom. The zero-order chi connectivity index (χ0) is 10.1. The van der Waals surface area contributed by atoms with Crippen molar-refractivity contribution in [3.05, 3.63) is 0 Å². The van der Waals surface area contributed by atoms with E-state index in [4.69, 9.17) is 4.74 Å². The Morgan fingerprint density at radius 2 is 1.69 bits per heavy atom. The van der Waals surface area contributed by atoms with Gasteiger partial charge in [0.15, 0.2) is 0 Å². The highest BCUT2D eigenvalue weighted by atomic mass is 16.9. The van der Waals surface area contributed by atoms with E-state index < -0.39 is 24.0 Å². The molecule has 5 nitrogen and oxygen atoms in total. The van der Waals surface area contributed by atoms with E-state index in [0.717, 1.165) is 0 Å². The first-order valence-corrected chi connectivity index (χ1v) is 3.93. The van der Waals surface area contributed by atoms with Crippen LogP contribution < -0.4 is 0 Å². The van der Waals surface area contributed by atoms with Gasteiger partial charge in [-0.15, -0.1) is 0 Å². The van der Waals surface area contributed by atoms with Gasteiger partial charge in [-0.2, -0.15) is 0 Å². The van der Waals surface area contributed by atoms with Gasteiger partial charge in [-0.3, -0.25) is 9.59 Å². The van der Waals surface area contributed by atoms with Crippen molar-refractivity contribution in [3.8, 4) is 0 Å². The fourth-order valence-electron chi connectivity index (χ4n) is 0.777. The van der Waals surface area contributed by atoms with Crippen LogP contribution in [0.3, 0.4) is 0 Å². The molecule has 1 aliphatic heterocycles. The van der Waals surface area contributed by atoms with Crippen molar-refractivity contribution < 1.29 is 23.8 Å². The standard InChI is InChI=1S/C8H12O5/c1-8(2,3)13-7-11-5(9)4-6(10)12-7/h7H,4H2,1-3H3. The molecule has 0 aromatic carbocycles. The van der Waals surface area contributed by atoms with Crippen LogP contribution in [0.25, 0.3) is 0 Å². The molecule has 0 aliphatic carbocycles. The molecule has 13 heavy (non-hydrogen) atoms. The van der Waals surface area contributed by atoms with Crippen LogP contribution in [0.4, 0.5) is 0 Å². The lowest BCUT2D eigenvalue weighted by atomic mass is 10.2. The topological polar surface area (TPSA) is 61.8 Å². The summed E-state index contributed by atoms with van der Waals surface area (Å²) in [5.41, 5.74) is -0.525. The van der Waals surface area contributed by atoms with Gasteiger partial charge in [-0.25, -0.2) is 0 Å². The number of rotatable bonds is 1. The Labute approximate surface area is 76.0 Å². The summed E-state index contributed by atoms with van der Waals surface area (Å²) in [5, 5.41) is 0. The number of esters is 2. The van der Waals surface area contributed by atoms with Gasteiger partial charge in [0.1, 0.15) is 6.42 Å². The Kier molecular flexibility index (Phi) is 2.56. The van der Waals surface area contributed by atoms with E-state index >= 15 is 0 Å². The average Bonchev–Trinajstić information content (AvgIpc) is 1.78. The maximum atomic E-state index is 10.8. The highest BCUT2D eigenvalue weighted by molar-refractivity contribution is 5.92. The molecular weight excluding hydrogens is 176 g/mol. The highest BCUT2D eigenvalue weighted by Crippen LogP contribution is 2.16. The van der Waals surface area contributed by atoms with Gasteiger partial charge in [0.2, 0.25) is 0 Å². The second-order valence-electron chi connectivity index (χ2n) is 3.68. The molecule has 1 saturated heterocycles. The maximum Gasteiger partial charge on any atom is 0.365 e. The van der Waals surface area contributed by atoms with Gasteiger partial charge in [0.25, 0.3) is 0 Å². The van der Waals surface area contributed by atoms with Crippen LogP contribution in [-0.2, 0) is 23.8 Å². The second kappa shape index (κ2) is 3.33. The third kappa shape index (κ3) is 3.42. The van der Waals surface area contributed by atoms with Crippen LogP contribution in [0, 0.1) is 0 Å². The number of hydrogen-bond acceptors (Lipinski definition) is 5. The minimum atomic E-state index is -1.20. The predicted octanol–water partition coefficient (Wildman–Crippen LogP) is 0.575. The maximum absolute atomic E-state index is 10.8. The SMILES string of the molecule is CC(C)(C)OC1OC(=O)CC(=O)O1. The number of cyclic esters (lactones) is 2. The molecule has 0 spiro atoms. The van der Waals surface area contributed by atoms with Crippen molar-refractivity contribution in [2.24, 2.45) is 0 Å². The van der Waals surface area contributed by atoms with Gasteiger partial charge in [0.05, 0.1) is 5.60 Å². The molecule has 0 unspecified atom stereocenters. The number of ether oxygens (including phenoxy) is 3. The highest BCUT2D eigenvalue weighted by Gasteiger charge is 2.31. The number of carbonyl (C=O) groups is 2. The predicted molar refractivity (Wildman–Crippen MR) is 41.4 cm³/mol. The van der Waals surface area contributed by atoms with Gasteiger partial charge < -0.3 is 14.2 Å². The first-order chi connectivity index (χ1) is 5.87. The molecular formula is C8H12O5. The van der Waals surface area contributed by atoms with E-state index in [1.54, 1.807) is 20.8 Å². The smallest absolute Gasteiger partial charge is 0.365 e. The summed E-state index contributed by atoms with van der Waals surface area (Å²) in [7, 11) is 0. The summed E-state index contributed by atoms with van der Waals surface area (Å²) in [6.45, 7) is 4.10. The van der Waals surface area contributed by atoms with Gasteiger partial charge in [-0.1, -0.05) is 0 Å². The summed E-state index contributed by atoms with van der Waals surface area (Å²) in [4.78, 5) is 21.5. The lowest BCUT2D eigenvalue weighted by molar-refractivity contribution is -0.302. The minimum Gasteiger partial charge on any atom is -0.400 e. The molecule has 5 heteroatoms. The van der Waals surface area contributed by atoms with E-state index in [0.29, 0.717) is 0 Å². The molecule has 1 fully saturated rings. The van der Waals surface area contributed by atoms with Crippen LogP contribution >= 0.6 is 0 Å². The first kappa shape index (κ1) is 9.98. The van der Waals surface area contributed by atoms with Crippen molar-refractivity contribution in [1.82, 2.24) is 0 Å². The zero-order valence-electron chi connectivity index (χ0n) is 7.83. The molecule has 0 bridgehead atoms. The molecule has 0 aromatic rings. The molecule has 74 valence electrons. The lowest BCUT2D eigenvalue weighted by Crippen LogP contribution is -2.39. The van der Waals surface area contributed by atoms with Crippen molar-refractivity contribution in [2.75, 3.05) is 0 Å². The quantitative estimate of drug-likeness (QED) is 0.445. The zero-order valence-corrected chi connectivity index (χ0v) is 7.83. The van der Waals surface area contributed by atoms with Crippen LogP contribution in [0.2, 0.25) is 0 Å². The van der Waals surface area contributed by atoms with E-state index in [-0.39, 0.29) is 6.42 Å². The molecule has 0 aromatic heterocycles. The van der Waals surface area contributed by atoms with Crippen molar-refractivity contribution in [3.63, 3.8) is 0 Å². The summed E-state index contributed by atoms with van der Waals surface area (Å²) in [6, 6.07) is 0. The third-order valence-corrected chi connectivity index (χ3v) is 1.19. The Morgan fingerprint density at radius 1 is 1.23 bits per heavy atom.